The van der Waals surface area contributed by atoms with Crippen LogP contribution >= 0.6 is 0 Å². The number of esters is 2. The van der Waals surface area contributed by atoms with Crippen LogP contribution in [0.25, 0.3) is 44.4 Å². The number of carbonyl (C=O) groups is 2. The summed E-state index contributed by atoms with van der Waals surface area (Å²) in [5.74, 6) is -0.543. The van der Waals surface area contributed by atoms with Crippen molar-refractivity contribution in [3.8, 4) is 0 Å². The number of hydrogen-bond acceptors (Lipinski definition) is 8. The molecule has 0 fully saturated rings. The third-order valence-corrected chi connectivity index (χ3v) is 12.3. The summed E-state index contributed by atoms with van der Waals surface area (Å²) in [6.07, 6.45) is 2.94. The standard InChI is InChI=1S/C42H58N4O6Si2/c1-25-29(13-15-41(47)49-5)39-24-40-30(14-16-42(48)50-6)26(2)35(46-40)22-38-32(18-20-52-54(10,11)12)28(4)36(45-38)23-37-31(17-19-51-53(7,8)9)27(3)34(43-37)21-33(25)44-39/h21-24,45-46H,13-20H2,1-12H3. The van der Waals surface area contributed by atoms with E-state index in [1.807, 2.05) is 0 Å². The van der Waals surface area contributed by atoms with Crippen LogP contribution in [-0.2, 0) is 40.8 Å². The number of fused-ring (bicyclic) bond motifs is 8. The Balaban J connectivity index is 1.84. The Morgan fingerprint density at radius 3 is 1.50 bits per heavy atom. The first-order valence-electron chi connectivity index (χ1n) is 18.9. The predicted octanol–water partition coefficient (Wildman–Crippen LogP) is 9.49. The molecule has 10 nitrogen and oxygen atoms in total. The summed E-state index contributed by atoms with van der Waals surface area (Å²) in [5, 5.41) is 0. The minimum Gasteiger partial charge on any atom is -0.469 e. The molecule has 0 atom stereocenters. The van der Waals surface area contributed by atoms with Crippen molar-refractivity contribution in [3.05, 3.63) is 69.3 Å². The minimum absolute atomic E-state index is 0.230. The van der Waals surface area contributed by atoms with Crippen molar-refractivity contribution in [2.24, 2.45) is 0 Å². The maximum absolute atomic E-state index is 12.4. The zero-order valence-electron chi connectivity index (χ0n) is 34.3. The van der Waals surface area contributed by atoms with Crippen molar-refractivity contribution in [1.82, 2.24) is 19.9 Å². The number of H-pyrrole nitrogens is 2. The van der Waals surface area contributed by atoms with Gasteiger partial charge in [0.2, 0.25) is 0 Å². The normalized spacial score (nSPS) is 13.6. The van der Waals surface area contributed by atoms with Crippen molar-refractivity contribution < 1.29 is 27.9 Å². The predicted molar refractivity (Wildman–Crippen MR) is 224 cm³/mol. The van der Waals surface area contributed by atoms with Crippen molar-refractivity contribution in [2.45, 2.75) is 106 Å². The average molecular weight is 771 g/mol. The fourth-order valence-electron chi connectivity index (χ4n) is 7.07. The highest BCUT2D eigenvalue weighted by molar-refractivity contribution is 6.70. The summed E-state index contributed by atoms with van der Waals surface area (Å²) in [7, 11) is -0.622. The molecule has 0 unspecified atom stereocenters. The molecule has 12 heteroatoms. The maximum atomic E-state index is 12.4. The van der Waals surface area contributed by atoms with Crippen LogP contribution in [0.1, 0.15) is 84.6 Å². The molecule has 0 saturated heterocycles. The van der Waals surface area contributed by atoms with Crippen LogP contribution in [0.2, 0.25) is 39.3 Å². The van der Waals surface area contributed by atoms with E-state index in [1.54, 1.807) is 0 Å². The number of nitrogens with one attached hydrogen (secondary N) is 2. The second-order valence-electron chi connectivity index (χ2n) is 16.2. The van der Waals surface area contributed by atoms with Crippen LogP contribution in [0.3, 0.4) is 0 Å². The number of hydrogen-bond donors (Lipinski definition) is 2. The molecule has 0 spiro atoms. The number of rotatable bonds is 14. The Kier molecular flexibility index (Phi) is 12.7. The summed E-state index contributed by atoms with van der Waals surface area (Å²) in [6.45, 7) is 23.0. The zero-order chi connectivity index (χ0) is 39.5. The molecule has 2 aliphatic heterocycles. The summed E-state index contributed by atoms with van der Waals surface area (Å²) in [5.41, 5.74) is 15.8. The molecule has 0 amide bonds. The first-order chi connectivity index (χ1) is 25.4. The topological polar surface area (TPSA) is 128 Å². The van der Waals surface area contributed by atoms with Crippen molar-refractivity contribution in [1.29, 1.82) is 0 Å². The van der Waals surface area contributed by atoms with Crippen LogP contribution in [0.5, 0.6) is 0 Å². The molecule has 290 valence electrons. The smallest absolute Gasteiger partial charge is 0.305 e. The van der Waals surface area contributed by atoms with Crippen LogP contribution < -0.4 is 0 Å². The van der Waals surface area contributed by atoms with Gasteiger partial charge in [-0.2, -0.15) is 0 Å². The molecule has 3 aromatic rings. The fourth-order valence-corrected chi connectivity index (χ4v) is 8.50. The van der Waals surface area contributed by atoms with Gasteiger partial charge in [-0.05, 0) is 161 Å². The molecule has 0 aliphatic carbocycles. The van der Waals surface area contributed by atoms with E-state index >= 15 is 0 Å². The lowest BCUT2D eigenvalue weighted by Crippen LogP contribution is -2.26. The van der Waals surface area contributed by atoms with Gasteiger partial charge in [0.15, 0.2) is 16.6 Å². The van der Waals surface area contributed by atoms with Gasteiger partial charge in [-0.15, -0.1) is 0 Å². The van der Waals surface area contributed by atoms with Gasteiger partial charge in [0.1, 0.15) is 0 Å². The van der Waals surface area contributed by atoms with E-state index in [-0.39, 0.29) is 24.8 Å². The van der Waals surface area contributed by atoms with Gasteiger partial charge < -0.3 is 28.3 Å². The first kappa shape index (κ1) is 41.1. The summed E-state index contributed by atoms with van der Waals surface area (Å²) < 4.78 is 22.7. The Bertz CT molecular complexity index is 2160. The van der Waals surface area contributed by atoms with E-state index in [2.05, 4.69) is 101 Å². The van der Waals surface area contributed by atoms with E-state index in [1.165, 1.54) is 19.8 Å². The Labute approximate surface area is 322 Å². The van der Waals surface area contributed by atoms with Crippen LogP contribution in [-0.4, -0.2) is 75.9 Å². The quantitative estimate of drug-likeness (QED) is 0.123. The van der Waals surface area contributed by atoms with Gasteiger partial charge in [-0.1, -0.05) is 0 Å². The minimum atomic E-state index is -1.73. The Morgan fingerprint density at radius 1 is 0.556 bits per heavy atom. The molecule has 5 rings (SSSR count). The van der Waals surface area contributed by atoms with Crippen LogP contribution in [0, 0.1) is 13.8 Å². The van der Waals surface area contributed by atoms with Gasteiger partial charge in [-0.3, -0.25) is 9.59 Å². The monoisotopic (exact) mass is 770 g/mol. The highest BCUT2D eigenvalue weighted by atomic mass is 28.4. The molecule has 2 N–H and O–H groups in total. The summed E-state index contributed by atoms with van der Waals surface area (Å²) >= 11 is 0. The first-order valence-corrected chi connectivity index (χ1v) is 25.8. The van der Waals surface area contributed by atoms with Gasteiger partial charge >= 0.3 is 11.9 Å². The van der Waals surface area contributed by atoms with E-state index in [4.69, 9.17) is 28.3 Å². The highest BCUT2D eigenvalue weighted by Crippen LogP contribution is 2.38. The number of allylic oxidation sites excluding steroid dienone is 3. The second-order valence-corrected chi connectivity index (χ2v) is 25.3. The van der Waals surface area contributed by atoms with Gasteiger partial charge in [0, 0.05) is 48.1 Å². The van der Waals surface area contributed by atoms with Crippen molar-refractivity contribution in [3.63, 3.8) is 0 Å². The fraction of sp³-hybridized carbons (Fsp3) is 0.476. The highest BCUT2D eigenvalue weighted by Gasteiger charge is 2.24. The summed E-state index contributed by atoms with van der Waals surface area (Å²) in [6, 6.07) is 8.47. The number of carbonyl (C=O) groups excluding carboxylic acids is 2. The van der Waals surface area contributed by atoms with Gasteiger partial charge in [0.25, 0.3) is 0 Å². The molecule has 5 heterocycles. The van der Waals surface area contributed by atoms with Crippen LogP contribution in [0.15, 0.2) is 24.3 Å². The largest absolute Gasteiger partial charge is 0.469 e. The third kappa shape index (κ3) is 9.76. The van der Waals surface area contributed by atoms with E-state index in [0.29, 0.717) is 26.1 Å². The van der Waals surface area contributed by atoms with E-state index < -0.39 is 16.6 Å². The van der Waals surface area contributed by atoms with Gasteiger partial charge in [-0.25, -0.2) is 9.97 Å². The molecule has 54 heavy (non-hydrogen) atoms. The lowest BCUT2D eigenvalue weighted by molar-refractivity contribution is -0.141. The number of aromatic nitrogens is 4. The number of aromatic amines is 2. The SMILES string of the molecule is COC(=O)CCC1=C(C)c2cc3nc(cc4[nH]c(cc5[nH]c(cc1n2)c(CCC(=O)OC)c5C)c(CCO[Si](C)(C)C)c4C)C(CCO[Si](C)(C)C)=C3C. The number of ether oxygens (including phenoxy) is 2. The summed E-state index contributed by atoms with van der Waals surface area (Å²) in [4.78, 5) is 42.6. The van der Waals surface area contributed by atoms with Crippen molar-refractivity contribution in [2.75, 3.05) is 27.4 Å². The number of aryl methyl sites for hydroxylation is 3. The molecule has 8 bridgehead atoms. The number of nitrogens with zero attached hydrogens (tertiary/aromatic N) is 2. The molecule has 0 aromatic carbocycles. The molecule has 3 aromatic heterocycles. The molecule has 2 aliphatic rings. The molecule has 0 radical (unpaired) electrons. The lowest BCUT2D eigenvalue weighted by Gasteiger charge is -2.17. The third-order valence-electron chi connectivity index (χ3n) is 10.2. The molecular weight excluding hydrogens is 713 g/mol. The Hall–Kier alpha value is -4.11. The Morgan fingerprint density at radius 2 is 0.981 bits per heavy atom. The van der Waals surface area contributed by atoms with Crippen LogP contribution in [0.4, 0.5) is 0 Å². The zero-order valence-corrected chi connectivity index (χ0v) is 36.3. The van der Waals surface area contributed by atoms with Crippen molar-refractivity contribution >= 4 is 72.9 Å². The van der Waals surface area contributed by atoms with E-state index in [9.17, 15) is 9.59 Å². The molecule has 0 saturated carbocycles. The van der Waals surface area contributed by atoms with Gasteiger partial charge in [0.05, 0.1) is 37.0 Å². The average Bonchev–Trinajstić information content (AvgIpc) is 3.75. The maximum Gasteiger partial charge on any atom is 0.305 e. The number of methoxy groups -OCH3 is 2. The lowest BCUT2D eigenvalue weighted by atomic mass is 9.99. The van der Waals surface area contributed by atoms with E-state index in [0.717, 1.165) is 96.7 Å². The molecular formula is C42H58N4O6Si2. The second kappa shape index (κ2) is 16.7.